The van der Waals surface area contributed by atoms with E-state index in [1.165, 1.54) is 0 Å². The standard InChI is InChI=1S/C10H20N2O3/c1-2-3-6-9(13)12-7-4-5-8(11)10(14)15/h8H,2-7,11H2,1H3,(H,12,13)(H,14,15)/t8-/m0/s1. The lowest BCUT2D eigenvalue weighted by molar-refractivity contribution is -0.138. The number of carboxylic acid groups (broad SMARTS) is 1. The van der Waals surface area contributed by atoms with Crippen molar-refractivity contribution in [3.63, 3.8) is 0 Å². The zero-order chi connectivity index (χ0) is 11.7. The molecule has 0 unspecified atom stereocenters. The van der Waals surface area contributed by atoms with Crippen molar-refractivity contribution in [2.45, 2.75) is 45.1 Å². The number of rotatable bonds is 8. The van der Waals surface area contributed by atoms with Crippen LogP contribution in [0.25, 0.3) is 0 Å². The zero-order valence-electron chi connectivity index (χ0n) is 9.16. The van der Waals surface area contributed by atoms with Gasteiger partial charge in [-0.25, -0.2) is 0 Å². The van der Waals surface area contributed by atoms with Crippen LogP contribution in [0.4, 0.5) is 0 Å². The molecule has 0 aliphatic carbocycles. The third-order valence-electron chi connectivity index (χ3n) is 2.09. The van der Waals surface area contributed by atoms with Crippen molar-refractivity contribution in [1.29, 1.82) is 0 Å². The van der Waals surface area contributed by atoms with E-state index in [0.717, 1.165) is 12.8 Å². The molecule has 0 aliphatic rings. The first kappa shape index (κ1) is 13.9. The van der Waals surface area contributed by atoms with E-state index in [-0.39, 0.29) is 5.91 Å². The molecule has 4 N–H and O–H groups in total. The molecule has 0 spiro atoms. The summed E-state index contributed by atoms with van der Waals surface area (Å²) in [6.07, 6.45) is 3.42. The van der Waals surface area contributed by atoms with Gasteiger partial charge in [0.15, 0.2) is 0 Å². The minimum atomic E-state index is -0.993. The monoisotopic (exact) mass is 216 g/mol. The molecular formula is C10H20N2O3. The van der Waals surface area contributed by atoms with E-state index in [1.807, 2.05) is 6.92 Å². The lowest BCUT2D eigenvalue weighted by Gasteiger charge is -2.07. The highest BCUT2D eigenvalue weighted by Crippen LogP contribution is 1.95. The van der Waals surface area contributed by atoms with Crippen LogP contribution in [0.15, 0.2) is 0 Å². The zero-order valence-corrected chi connectivity index (χ0v) is 9.16. The Morgan fingerprint density at radius 3 is 2.60 bits per heavy atom. The van der Waals surface area contributed by atoms with Crippen LogP contribution < -0.4 is 11.1 Å². The van der Waals surface area contributed by atoms with Gasteiger partial charge < -0.3 is 16.2 Å². The highest BCUT2D eigenvalue weighted by Gasteiger charge is 2.10. The van der Waals surface area contributed by atoms with E-state index in [1.54, 1.807) is 0 Å². The molecule has 0 saturated heterocycles. The molecule has 0 fully saturated rings. The van der Waals surface area contributed by atoms with E-state index >= 15 is 0 Å². The highest BCUT2D eigenvalue weighted by molar-refractivity contribution is 5.75. The summed E-state index contributed by atoms with van der Waals surface area (Å²) in [6.45, 7) is 2.53. The minimum Gasteiger partial charge on any atom is -0.480 e. The van der Waals surface area contributed by atoms with Crippen molar-refractivity contribution in [3.8, 4) is 0 Å². The van der Waals surface area contributed by atoms with Crippen LogP contribution >= 0.6 is 0 Å². The van der Waals surface area contributed by atoms with E-state index in [0.29, 0.717) is 25.8 Å². The maximum Gasteiger partial charge on any atom is 0.320 e. The Labute approximate surface area is 90.0 Å². The average molecular weight is 216 g/mol. The van der Waals surface area contributed by atoms with Gasteiger partial charge in [0.25, 0.3) is 0 Å². The van der Waals surface area contributed by atoms with Gasteiger partial charge in [0.1, 0.15) is 6.04 Å². The van der Waals surface area contributed by atoms with E-state index in [2.05, 4.69) is 5.32 Å². The van der Waals surface area contributed by atoms with E-state index < -0.39 is 12.0 Å². The molecule has 0 radical (unpaired) electrons. The summed E-state index contributed by atoms with van der Waals surface area (Å²) in [5.74, 6) is -0.965. The number of hydrogen-bond acceptors (Lipinski definition) is 3. The van der Waals surface area contributed by atoms with Crippen LogP contribution in [0.2, 0.25) is 0 Å². The molecule has 5 heteroatoms. The minimum absolute atomic E-state index is 0.0285. The van der Waals surface area contributed by atoms with Gasteiger partial charge in [-0.3, -0.25) is 9.59 Å². The predicted octanol–water partition coefficient (Wildman–Crippen LogP) is 0.485. The number of carbonyl (C=O) groups is 2. The molecule has 15 heavy (non-hydrogen) atoms. The van der Waals surface area contributed by atoms with Crippen LogP contribution in [-0.2, 0) is 9.59 Å². The molecule has 0 aromatic rings. The van der Waals surface area contributed by atoms with Gasteiger partial charge in [-0.1, -0.05) is 13.3 Å². The summed E-state index contributed by atoms with van der Waals surface area (Å²) in [7, 11) is 0. The Bertz CT molecular complexity index is 207. The topological polar surface area (TPSA) is 92.4 Å². The Morgan fingerprint density at radius 1 is 1.40 bits per heavy atom. The van der Waals surface area contributed by atoms with Crippen LogP contribution in [0.5, 0.6) is 0 Å². The second-order valence-electron chi connectivity index (χ2n) is 3.54. The van der Waals surface area contributed by atoms with Crippen molar-refractivity contribution >= 4 is 11.9 Å². The predicted molar refractivity (Wildman–Crippen MR) is 57.4 cm³/mol. The molecule has 1 atom stereocenters. The molecule has 0 rings (SSSR count). The fourth-order valence-corrected chi connectivity index (χ4v) is 1.10. The van der Waals surface area contributed by atoms with Crippen LogP contribution in [0.1, 0.15) is 39.0 Å². The lowest BCUT2D eigenvalue weighted by Crippen LogP contribution is -2.32. The van der Waals surface area contributed by atoms with Gasteiger partial charge in [-0.05, 0) is 19.3 Å². The number of nitrogens with one attached hydrogen (secondary N) is 1. The summed E-state index contributed by atoms with van der Waals surface area (Å²) >= 11 is 0. The SMILES string of the molecule is CCCCC(=O)NCCC[C@H](N)C(=O)O. The fraction of sp³-hybridized carbons (Fsp3) is 0.800. The Kier molecular flexibility index (Phi) is 7.62. The molecule has 1 amide bonds. The Hall–Kier alpha value is -1.10. The van der Waals surface area contributed by atoms with Crippen molar-refractivity contribution in [2.75, 3.05) is 6.54 Å². The van der Waals surface area contributed by atoms with Gasteiger partial charge in [-0.2, -0.15) is 0 Å². The largest absolute Gasteiger partial charge is 0.480 e. The molecule has 0 aliphatic heterocycles. The number of amides is 1. The number of unbranched alkanes of at least 4 members (excludes halogenated alkanes) is 1. The first-order valence-electron chi connectivity index (χ1n) is 5.33. The van der Waals surface area contributed by atoms with Crippen molar-refractivity contribution < 1.29 is 14.7 Å². The number of aliphatic carboxylic acids is 1. The second-order valence-corrected chi connectivity index (χ2v) is 3.54. The van der Waals surface area contributed by atoms with Crippen LogP contribution in [-0.4, -0.2) is 29.6 Å². The van der Waals surface area contributed by atoms with Crippen molar-refractivity contribution in [3.05, 3.63) is 0 Å². The molecular weight excluding hydrogens is 196 g/mol. The van der Waals surface area contributed by atoms with Gasteiger partial charge in [0, 0.05) is 13.0 Å². The molecule has 0 bridgehead atoms. The average Bonchev–Trinajstić information content (AvgIpc) is 2.20. The first-order valence-corrected chi connectivity index (χ1v) is 5.33. The third kappa shape index (κ3) is 7.93. The second kappa shape index (κ2) is 8.23. The Balaban J connectivity index is 3.38. The molecule has 0 aromatic heterocycles. The maximum atomic E-state index is 11.1. The number of carbonyl (C=O) groups excluding carboxylic acids is 1. The third-order valence-corrected chi connectivity index (χ3v) is 2.09. The Morgan fingerprint density at radius 2 is 2.07 bits per heavy atom. The van der Waals surface area contributed by atoms with Crippen LogP contribution in [0.3, 0.4) is 0 Å². The molecule has 5 nitrogen and oxygen atoms in total. The van der Waals surface area contributed by atoms with E-state index in [4.69, 9.17) is 10.8 Å². The van der Waals surface area contributed by atoms with Crippen LogP contribution in [0, 0.1) is 0 Å². The highest BCUT2D eigenvalue weighted by atomic mass is 16.4. The maximum absolute atomic E-state index is 11.1. The van der Waals surface area contributed by atoms with Crippen molar-refractivity contribution in [1.82, 2.24) is 5.32 Å². The number of nitrogens with two attached hydrogens (primary N) is 1. The smallest absolute Gasteiger partial charge is 0.320 e. The lowest BCUT2D eigenvalue weighted by atomic mass is 10.1. The first-order chi connectivity index (χ1) is 7.07. The summed E-state index contributed by atoms with van der Waals surface area (Å²) in [5, 5.41) is 11.2. The summed E-state index contributed by atoms with van der Waals surface area (Å²) in [6, 6.07) is -0.822. The normalized spacial score (nSPS) is 12.1. The molecule has 0 aromatic carbocycles. The molecule has 88 valence electrons. The summed E-state index contributed by atoms with van der Waals surface area (Å²) < 4.78 is 0. The quantitative estimate of drug-likeness (QED) is 0.515. The summed E-state index contributed by atoms with van der Waals surface area (Å²) in [5.41, 5.74) is 5.30. The van der Waals surface area contributed by atoms with Gasteiger partial charge in [0.05, 0.1) is 0 Å². The van der Waals surface area contributed by atoms with Gasteiger partial charge >= 0.3 is 5.97 Å². The van der Waals surface area contributed by atoms with Gasteiger partial charge in [-0.15, -0.1) is 0 Å². The van der Waals surface area contributed by atoms with E-state index in [9.17, 15) is 9.59 Å². The number of hydrogen-bond donors (Lipinski definition) is 3. The summed E-state index contributed by atoms with van der Waals surface area (Å²) in [4.78, 5) is 21.5. The number of carboxylic acids is 1. The molecule has 0 saturated carbocycles. The van der Waals surface area contributed by atoms with Gasteiger partial charge in [0.2, 0.25) is 5.91 Å². The fourth-order valence-electron chi connectivity index (χ4n) is 1.10. The molecule has 0 heterocycles. The van der Waals surface area contributed by atoms with Crippen molar-refractivity contribution in [2.24, 2.45) is 5.73 Å².